The molecule has 2 aliphatic rings. The van der Waals surface area contributed by atoms with Crippen LogP contribution in [0.4, 0.5) is 0 Å². The maximum absolute atomic E-state index is 11.3. The highest BCUT2D eigenvalue weighted by molar-refractivity contribution is 5.83. The van der Waals surface area contributed by atoms with Crippen molar-refractivity contribution >= 4 is 12.6 Å². The van der Waals surface area contributed by atoms with Crippen molar-refractivity contribution in [3.05, 3.63) is 23.3 Å². The molecule has 0 amide bonds. The maximum Gasteiger partial charge on any atom is 0.146 e. The van der Waals surface area contributed by atoms with Gasteiger partial charge in [0, 0.05) is 17.4 Å². The number of allylic oxidation sites excluding steroid dienone is 1. The highest BCUT2D eigenvalue weighted by atomic mass is 16.3. The molecule has 0 saturated heterocycles. The van der Waals surface area contributed by atoms with Gasteiger partial charge >= 0.3 is 0 Å². The Morgan fingerprint density at radius 2 is 2.06 bits per heavy atom. The predicted molar refractivity (Wildman–Crippen MR) is 68.9 cm³/mol. The molecule has 1 fully saturated rings. The van der Waals surface area contributed by atoms with E-state index in [1.807, 2.05) is 0 Å². The predicted octanol–water partition coefficient (Wildman–Crippen LogP) is 2.05. The van der Waals surface area contributed by atoms with Gasteiger partial charge in [0.1, 0.15) is 12.6 Å². The molecular formula is C15H20O3. The molecule has 3 heteroatoms. The lowest BCUT2D eigenvalue weighted by molar-refractivity contribution is -0.112. The largest absolute Gasteiger partial charge is 0.388 e. The lowest BCUT2D eigenvalue weighted by atomic mass is 9.86. The van der Waals surface area contributed by atoms with E-state index in [0.717, 1.165) is 31.0 Å². The molecule has 3 atom stereocenters. The minimum atomic E-state index is -0.623. The van der Waals surface area contributed by atoms with Crippen LogP contribution in [0.2, 0.25) is 0 Å². The van der Waals surface area contributed by atoms with Crippen LogP contribution < -0.4 is 0 Å². The minimum absolute atomic E-state index is 0.0438. The molecule has 0 heterocycles. The molecule has 1 N–H and O–H groups in total. The smallest absolute Gasteiger partial charge is 0.146 e. The summed E-state index contributed by atoms with van der Waals surface area (Å²) >= 11 is 0. The molecular weight excluding hydrogens is 228 g/mol. The van der Waals surface area contributed by atoms with Gasteiger partial charge in [-0.3, -0.25) is 4.79 Å². The lowest BCUT2D eigenvalue weighted by Crippen LogP contribution is -2.21. The van der Waals surface area contributed by atoms with E-state index in [-0.39, 0.29) is 11.3 Å². The minimum Gasteiger partial charge on any atom is -0.388 e. The van der Waals surface area contributed by atoms with Crippen LogP contribution in [-0.4, -0.2) is 23.8 Å². The van der Waals surface area contributed by atoms with Gasteiger partial charge in [-0.1, -0.05) is 26.0 Å². The zero-order valence-electron chi connectivity index (χ0n) is 11.0. The Morgan fingerprint density at radius 1 is 1.39 bits per heavy atom. The van der Waals surface area contributed by atoms with Crippen molar-refractivity contribution in [3.63, 3.8) is 0 Å². The van der Waals surface area contributed by atoms with Crippen LogP contribution in [0.25, 0.3) is 0 Å². The second kappa shape index (κ2) is 4.47. The van der Waals surface area contributed by atoms with Crippen LogP contribution in [0, 0.1) is 17.3 Å². The van der Waals surface area contributed by atoms with E-state index < -0.39 is 12.0 Å². The van der Waals surface area contributed by atoms with Crippen molar-refractivity contribution in [3.8, 4) is 0 Å². The van der Waals surface area contributed by atoms with Crippen LogP contribution in [0.3, 0.4) is 0 Å². The van der Waals surface area contributed by atoms with Crippen molar-refractivity contribution in [2.24, 2.45) is 17.3 Å². The second-order valence-corrected chi connectivity index (χ2v) is 6.30. The molecule has 0 aromatic heterocycles. The number of hydrogen-bond donors (Lipinski definition) is 1. The Kier molecular flexibility index (Phi) is 3.28. The molecule has 0 aromatic rings. The summed E-state index contributed by atoms with van der Waals surface area (Å²) in [5, 5.41) is 10.3. The zero-order valence-corrected chi connectivity index (χ0v) is 11.0. The maximum atomic E-state index is 11.3. The van der Waals surface area contributed by atoms with Crippen molar-refractivity contribution in [2.75, 3.05) is 0 Å². The Bertz CT molecular complexity index is 431. The van der Waals surface area contributed by atoms with Gasteiger partial charge in [0.25, 0.3) is 0 Å². The monoisotopic (exact) mass is 248 g/mol. The van der Waals surface area contributed by atoms with E-state index in [9.17, 15) is 14.7 Å². The average Bonchev–Trinajstić information content (AvgIpc) is 2.59. The van der Waals surface area contributed by atoms with Crippen LogP contribution in [0.5, 0.6) is 0 Å². The van der Waals surface area contributed by atoms with Crippen LogP contribution in [-0.2, 0) is 9.59 Å². The summed E-state index contributed by atoms with van der Waals surface area (Å²) in [7, 11) is 0. The first-order valence-electron chi connectivity index (χ1n) is 6.39. The van der Waals surface area contributed by atoms with Crippen LogP contribution >= 0.6 is 0 Å². The molecule has 3 nitrogen and oxygen atoms in total. The van der Waals surface area contributed by atoms with Gasteiger partial charge in [0.2, 0.25) is 0 Å². The number of rotatable bonds is 2. The van der Waals surface area contributed by atoms with Crippen LogP contribution in [0.15, 0.2) is 23.3 Å². The van der Waals surface area contributed by atoms with Gasteiger partial charge in [-0.2, -0.15) is 0 Å². The van der Waals surface area contributed by atoms with E-state index >= 15 is 0 Å². The van der Waals surface area contributed by atoms with Gasteiger partial charge in [-0.15, -0.1) is 0 Å². The third-order valence-corrected chi connectivity index (χ3v) is 4.23. The molecule has 2 rings (SSSR count). The molecule has 18 heavy (non-hydrogen) atoms. The molecule has 0 radical (unpaired) electrons. The fourth-order valence-corrected chi connectivity index (χ4v) is 3.38. The van der Waals surface area contributed by atoms with E-state index in [0.29, 0.717) is 17.6 Å². The number of hydrogen-bond acceptors (Lipinski definition) is 3. The van der Waals surface area contributed by atoms with E-state index in [1.165, 1.54) is 0 Å². The quantitative estimate of drug-likeness (QED) is 0.601. The first-order valence-corrected chi connectivity index (χ1v) is 6.39. The summed E-state index contributed by atoms with van der Waals surface area (Å²) < 4.78 is 0. The van der Waals surface area contributed by atoms with Gasteiger partial charge in [0.15, 0.2) is 0 Å². The number of aldehydes is 2. The lowest BCUT2D eigenvalue weighted by Gasteiger charge is -2.21. The SMILES string of the molecule is C=C1C[C@H](C=O)C(C=O)=C2CC(C)(C)C[C@H]2[C@@H]1O. The summed E-state index contributed by atoms with van der Waals surface area (Å²) in [6.45, 7) is 8.13. The Labute approximate surface area is 108 Å². The van der Waals surface area contributed by atoms with Crippen molar-refractivity contribution in [2.45, 2.75) is 39.2 Å². The normalized spacial score (nSPS) is 35.1. The number of carbonyl (C=O) groups is 2. The summed E-state index contributed by atoms with van der Waals surface area (Å²) in [6, 6.07) is 0. The Balaban J connectivity index is 2.53. The first-order chi connectivity index (χ1) is 8.39. The van der Waals surface area contributed by atoms with Gasteiger partial charge in [-0.05, 0) is 30.3 Å². The van der Waals surface area contributed by atoms with Crippen molar-refractivity contribution < 1.29 is 14.7 Å². The van der Waals surface area contributed by atoms with Gasteiger partial charge < -0.3 is 9.90 Å². The summed E-state index contributed by atoms with van der Waals surface area (Å²) in [5.41, 5.74) is 2.29. The molecule has 1 saturated carbocycles. The standard InChI is InChI=1S/C15H20O3/c1-9-4-10(7-16)13(8-17)11-5-15(2,3)6-12(11)14(9)18/h7-8,10,12,14,18H,1,4-6H2,2-3H3/t10-,12-,14-/m1/s1. The molecule has 0 bridgehead atoms. The number of fused-ring (bicyclic) bond motifs is 1. The molecule has 0 aromatic carbocycles. The number of aliphatic hydroxyl groups is 1. The van der Waals surface area contributed by atoms with Crippen molar-refractivity contribution in [1.82, 2.24) is 0 Å². The average molecular weight is 248 g/mol. The van der Waals surface area contributed by atoms with Gasteiger partial charge in [0.05, 0.1) is 6.10 Å². The highest BCUT2D eigenvalue weighted by Gasteiger charge is 2.43. The van der Waals surface area contributed by atoms with Crippen LogP contribution in [0.1, 0.15) is 33.1 Å². The number of aliphatic hydroxyl groups excluding tert-OH is 1. The Morgan fingerprint density at radius 3 is 2.61 bits per heavy atom. The third kappa shape index (κ3) is 2.07. The summed E-state index contributed by atoms with van der Waals surface area (Å²) in [4.78, 5) is 22.5. The number of carbonyl (C=O) groups excluding carboxylic acids is 2. The van der Waals surface area contributed by atoms with E-state index in [4.69, 9.17) is 0 Å². The molecule has 98 valence electrons. The molecule has 0 aliphatic heterocycles. The van der Waals surface area contributed by atoms with Gasteiger partial charge in [-0.25, -0.2) is 0 Å². The topological polar surface area (TPSA) is 54.4 Å². The highest BCUT2D eigenvalue weighted by Crippen LogP contribution is 2.50. The summed E-state index contributed by atoms with van der Waals surface area (Å²) in [6.07, 6.45) is 2.99. The molecule has 2 aliphatic carbocycles. The first kappa shape index (κ1) is 13.2. The fraction of sp³-hybridized carbons (Fsp3) is 0.600. The second-order valence-electron chi connectivity index (χ2n) is 6.30. The molecule has 0 spiro atoms. The summed E-state index contributed by atoms with van der Waals surface area (Å²) in [5.74, 6) is -0.476. The van der Waals surface area contributed by atoms with E-state index in [1.54, 1.807) is 0 Å². The third-order valence-electron chi connectivity index (χ3n) is 4.23. The van der Waals surface area contributed by atoms with E-state index in [2.05, 4.69) is 20.4 Å². The zero-order chi connectivity index (χ0) is 13.5. The Hall–Kier alpha value is -1.22. The fourth-order valence-electron chi connectivity index (χ4n) is 3.38. The van der Waals surface area contributed by atoms with Crippen molar-refractivity contribution in [1.29, 1.82) is 0 Å². The molecule has 0 unspecified atom stereocenters.